The van der Waals surface area contributed by atoms with Crippen LogP contribution in [-0.4, -0.2) is 10.9 Å². The summed E-state index contributed by atoms with van der Waals surface area (Å²) in [5.74, 6) is -0.116. The van der Waals surface area contributed by atoms with Crippen molar-refractivity contribution in [3.05, 3.63) is 179 Å². The predicted molar refractivity (Wildman–Crippen MR) is 214 cm³/mol. The third-order valence-electron chi connectivity index (χ3n) is 10.4. The molecule has 1 N–H and O–H groups in total. The minimum Gasteiger partial charge on any atom is -0.383 e. The molecule has 0 fully saturated rings. The van der Waals surface area contributed by atoms with Gasteiger partial charge in [-0.25, -0.2) is 0 Å². The highest BCUT2D eigenvalue weighted by Gasteiger charge is 2.33. The molecule has 246 valence electrons. The van der Waals surface area contributed by atoms with Crippen LogP contribution < -0.4 is 4.90 Å². The third kappa shape index (κ3) is 5.38. The lowest BCUT2D eigenvalue weighted by molar-refractivity contribution is 0.102. The number of aliphatic hydroxyl groups excluding tert-OH is 1. The molecule has 1 atom stereocenters. The Kier molecular flexibility index (Phi) is 7.17. The summed E-state index contributed by atoms with van der Waals surface area (Å²) < 4.78 is 0. The molecule has 1 aliphatic carbocycles. The fourth-order valence-electron chi connectivity index (χ4n) is 7.60. The van der Waals surface area contributed by atoms with Gasteiger partial charge in [-0.2, -0.15) is 0 Å². The zero-order valence-corrected chi connectivity index (χ0v) is 28.9. The second kappa shape index (κ2) is 11.8. The molecule has 0 aliphatic heterocycles. The van der Waals surface area contributed by atoms with E-state index in [9.17, 15) is 9.90 Å². The highest BCUT2D eigenvalue weighted by Crippen LogP contribution is 2.42. The van der Waals surface area contributed by atoms with E-state index in [0.29, 0.717) is 16.7 Å². The van der Waals surface area contributed by atoms with Gasteiger partial charge in [0, 0.05) is 27.9 Å². The van der Waals surface area contributed by atoms with E-state index in [2.05, 4.69) is 135 Å². The van der Waals surface area contributed by atoms with Crippen molar-refractivity contribution >= 4 is 72.0 Å². The second-order valence-corrected chi connectivity index (χ2v) is 14.7. The van der Waals surface area contributed by atoms with Gasteiger partial charge >= 0.3 is 0 Å². The monoisotopic (exact) mass is 659 g/mol. The number of anilines is 3. The van der Waals surface area contributed by atoms with Gasteiger partial charge in [0.25, 0.3) is 0 Å². The number of nitrogens with zero attached hydrogens (tertiary/aromatic N) is 1. The van der Waals surface area contributed by atoms with Crippen LogP contribution in [-0.2, 0) is 5.41 Å². The highest BCUT2D eigenvalue weighted by molar-refractivity contribution is 6.18. The second-order valence-electron chi connectivity index (χ2n) is 14.7. The zero-order valence-electron chi connectivity index (χ0n) is 28.9. The van der Waals surface area contributed by atoms with Gasteiger partial charge in [-0.05, 0) is 114 Å². The van der Waals surface area contributed by atoms with Gasteiger partial charge in [-0.1, -0.05) is 124 Å². The molecule has 0 amide bonds. The van der Waals surface area contributed by atoms with Crippen LogP contribution in [0, 0.1) is 0 Å². The number of aliphatic hydroxyl groups is 1. The quantitative estimate of drug-likeness (QED) is 0.191. The van der Waals surface area contributed by atoms with E-state index < -0.39 is 6.10 Å². The molecule has 9 rings (SSSR count). The molecule has 0 bridgehead atoms. The molecule has 1 unspecified atom stereocenters. The van der Waals surface area contributed by atoms with Crippen LogP contribution in [0.25, 0.3) is 49.2 Å². The average Bonchev–Trinajstić information content (AvgIpc) is 3.37. The number of rotatable bonds is 4. The topological polar surface area (TPSA) is 40.5 Å². The fraction of sp³-hybridized carbons (Fsp3) is 0.104. The molecule has 1 aliphatic rings. The first kappa shape index (κ1) is 31.0. The number of hydrogen-bond donors (Lipinski definition) is 1. The van der Waals surface area contributed by atoms with Gasteiger partial charge in [-0.15, -0.1) is 0 Å². The van der Waals surface area contributed by atoms with E-state index in [1.165, 1.54) is 27.1 Å². The van der Waals surface area contributed by atoms with Gasteiger partial charge in [0.15, 0.2) is 5.78 Å². The standard InChI is InChI=1S/C48H37NO2/c1-48(2,3)38-20-17-37-27-40(22-19-35(37)25-38)49(45-14-8-12-31-9-6-7-13-41(31)45)39-21-18-34-23-30(15-16-36(34)26-39)24-44-46(50)42-28-32-10-4-5-11-33(32)29-43(42)47(44)51/h4-29,46,50H,1-3H3. The molecular weight excluding hydrogens is 623 g/mol. The Bertz CT molecular complexity index is 2730. The summed E-state index contributed by atoms with van der Waals surface area (Å²) in [7, 11) is 0. The van der Waals surface area contributed by atoms with Gasteiger partial charge in [0.2, 0.25) is 0 Å². The molecule has 8 aromatic rings. The van der Waals surface area contributed by atoms with Crippen molar-refractivity contribution in [1.29, 1.82) is 0 Å². The number of ketones is 1. The predicted octanol–water partition coefficient (Wildman–Crippen LogP) is 12.4. The first-order chi connectivity index (χ1) is 24.7. The number of Topliss-reactive ketones (excluding diaryl/α,β-unsaturated/α-hetero) is 1. The first-order valence-electron chi connectivity index (χ1n) is 17.5. The number of fused-ring (bicyclic) bond motifs is 5. The summed E-state index contributed by atoms with van der Waals surface area (Å²) in [5, 5.41) is 20.2. The summed E-state index contributed by atoms with van der Waals surface area (Å²) in [5.41, 5.74) is 7.19. The van der Waals surface area contributed by atoms with E-state index in [1.54, 1.807) is 0 Å². The van der Waals surface area contributed by atoms with Crippen molar-refractivity contribution in [2.24, 2.45) is 0 Å². The van der Waals surface area contributed by atoms with E-state index in [4.69, 9.17) is 0 Å². The Morgan fingerprint density at radius 1 is 0.569 bits per heavy atom. The zero-order chi connectivity index (χ0) is 34.9. The molecule has 51 heavy (non-hydrogen) atoms. The minimum absolute atomic E-state index is 0.0792. The number of carbonyl (C=O) groups is 1. The van der Waals surface area contributed by atoms with Gasteiger partial charge in [0.1, 0.15) is 6.10 Å². The number of hydrogen-bond acceptors (Lipinski definition) is 3. The van der Waals surface area contributed by atoms with Crippen molar-refractivity contribution < 1.29 is 9.90 Å². The number of benzene rings is 8. The molecule has 0 saturated carbocycles. The number of carbonyl (C=O) groups excluding carboxylic acids is 1. The first-order valence-corrected chi connectivity index (χ1v) is 17.5. The van der Waals surface area contributed by atoms with Crippen LogP contribution in [0.1, 0.15) is 53.9 Å². The SMILES string of the molecule is CC(C)(C)c1ccc2cc(N(c3ccc4cc(C=C5C(=O)c6cc7ccccc7cc6C5O)ccc4c3)c3cccc4ccccc34)ccc2c1. The smallest absolute Gasteiger partial charge is 0.192 e. The van der Waals surface area contributed by atoms with Crippen LogP contribution in [0.5, 0.6) is 0 Å². The summed E-state index contributed by atoms with van der Waals surface area (Å²) in [6.07, 6.45) is 0.888. The van der Waals surface area contributed by atoms with Crippen molar-refractivity contribution in [3.63, 3.8) is 0 Å². The van der Waals surface area contributed by atoms with Crippen molar-refractivity contribution in [1.82, 2.24) is 0 Å². The van der Waals surface area contributed by atoms with Crippen molar-refractivity contribution in [2.75, 3.05) is 4.90 Å². The maximum Gasteiger partial charge on any atom is 0.192 e. The van der Waals surface area contributed by atoms with Gasteiger partial charge in [0.05, 0.1) is 5.69 Å². The molecular formula is C48H37NO2. The third-order valence-corrected chi connectivity index (χ3v) is 10.4. The Morgan fingerprint density at radius 2 is 1.14 bits per heavy atom. The Morgan fingerprint density at radius 3 is 1.86 bits per heavy atom. The molecule has 8 aromatic carbocycles. The Balaban J connectivity index is 1.12. The average molecular weight is 660 g/mol. The van der Waals surface area contributed by atoms with E-state index in [-0.39, 0.29) is 11.2 Å². The van der Waals surface area contributed by atoms with Crippen LogP contribution in [0.4, 0.5) is 17.1 Å². The molecule has 3 nitrogen and oxygen atoms in total. The van der Waals surface area contributed by atoms with Crippen LogP contribution >= 0.6 is 0 Å². The molecule has 0 spiro atoms. The molecule has 0 saturated heterocycles. The van der Waals surface area contributed by atoms with E-state index >= 15 is 0 Å². The van der Waals surface area contributed by atoms with Crippen LogP contribution in [0.3, 0.4) is 0 Å². The molecule has 0 radical (unpaired) electrons. The summed E-state index contributed by atoms with van der Waals surface area (Å²) >= 11 is 0. The maximum absolute atomic E-state index is 13.5. The molecule has 0 heterocycles. The Hall–Kier alpha value is -6.03. The lowest BCUT2D eigenvalue weighted by Crippen LogP contribution is -2.11. The largest absolute Gasteiger partial charge is 0.383 e. The highest BCUT2D eigenvalue weighted by atomic mass is 16.3. The summed E-state index contributed by atoms with van der Waals surface area (Å²) in [6, 6.07) is 53.1. The Labute approximate surface area is 297 Å². The van der Waals surface area contributed by atoms with Crippen LogP contribution in [0.2, 0.25) is 0 Å². The molecule has 0 aromatic heterocycles. The summed E-state index contributed by atoms with van der Waals surface area (Å²) in [4.78, 5) is 15.9. The maximum atomic E-state index is 13.5. The van der Waals surface area contributed by atoms with Crippen molar-refractivity contribution in [2.45, 2.75) is 32.3 Å². The minimum atomic E-state index is -0.952. The van der Waals surface area contributed by atoms with Crippen LogP contribution in [0.15, 0.2) is 157 Å². The molecule has 3 heteroatoms. The van der Waals surface area contributed by atoms with E-state index in [1.807, 2.05) is 48.5 Å². The van der Waals surface area contributed by atoms with E-state index in [0.717, 1.165) is 44.2 Å². The fourth-order valence-corrected chi connectivity index (χ4v) is 7.60. The van der Waals surface area contributed by atoms with Gasteiger partial charge < -0.3 is 10.0 Å². The van der Waals surface area contributed by atoms with Crippen molar-refractivity contribution in [3.8, 4) is 0 Å². The summed E-state index contributed by atoms with van der Waals surface area (Å²) in [6.45, 7) is 6.76. The lowest BCUT2D eigenvalue weighted by atomic mass is 9.86. The van der Waals surface area contributed by atoms with Gasteiger partial charge in [-0.3, -0.25) is 4.79 Å². The normalized spacial score (nSPS) is 15.3. The lowest BCUT2D eigenvalue weighted by Gasteiger charge is -2.28.